The van der Waals surface area contributed by atoms with Crippen LogP contribution in [0.5, 0.6) is 0 Å². The zero-order valence-electron chi connectivity index (χ0n) is 7.31. The molecular formula is C11H7NOTe. The second-order valence-electron chi connectivity index (χ2n) is 3.05. The van der Waals surface area contributed by atoms with Gasteiger partial charge in [0.2, 0.25) is 0 Å². The van der Waals surface area contributed by atoms with E-state index in [4.69, 9.17) is 3.10 Å². The molecule has 0 atom stereocenters. The van der Waals surface area contributed by atoms with Gasteiger partial charge in [-0.25, -0.2) is 0 Å². The fraction of sp³-hybridized carbons (Fsp3) is 0. The van der Waals surface area contributed by atoms with Gasteiger partial charge in [0.1, 0.15) is 0 Å². The molecule has 0 aliphatic carbocycles. The van der Waals surface area contributed by atoms with Crippen molar-refractivity contribution in [1.82, 2.24) is 0 Å². The van der Waals surface area contributed by atoms with Gasteiger partial charge in [0.05, 0.1) is 0 Å². The molecule has 3 heteroatoms. The van der Waals surface area contributed by atoms with Crippen LogP contribution >= 0.6 is 0 Å². The van der Waals surface area contributed by atoms with Crippen molar-refractivity contribution >= 4 is 47.8 Å². The van der Waals surface area contributed by atoms with Gasteiger partial charge in [-0.1, -0.05) is 0 Å². The SMILES string of the molecule is C1=Nc2c(ccc3ccccc23)[Te]O1. The fourth-order valence-corrected chi connectivity index (χ4v) is 3.17. The van der Waals surface area contributed by atoms with Gasteiger partial charge in [0.15, 0.2) is 0 Å². The second kappa shape index (κ2) is 3.27. The van der Waals surface area contributed by atoms with E-state index in [-0.39, 0.29) is 0 Å². The van der Waals surface area contributed by atoms with E-state index < -0.39 is 21.3 Å². The molecule has 68 valence electrons. The van der Waals surface area contributed by atoms with Crippen LogP contribution in [0.25, 0.3) is 10.8 Å². The molecule has 0 saturated heterocycles. The van der Waals surface area contributed by atoms with E-state index in [0.717, 1.165) is 5.69 Å². The summed E-state index contributed by atoms with van der Waals surface area (Å²) >= 11 is -0.503. The van der Waals surface area contributed by atoms with Crippen molar-refractivity contribution in [1.29, 1.82) is 0 Å². The molecule has 2 aromatic rings. The summed E-state index contributed by atoms with van der Waals surface area (Å²) < 4.78 is 6.57. The summed E-state index contributed by atoms with van der Waals surface area (Å²) in [6.07, 6.45) is 1.58. The average Bonchev–Trinajstić information content (AvgIpc) is 2.29. The van der Waals surface area contributed by atoms with Gasteiger partial charge >= 0.3 is 92.3 Å². The van der Waals surface area contributed by atoms with Crippen LogP contribution in [-0.4, -0.2) is 27.7 Å². The fourth-order valence-electron chi connectivity index (χ4n) is 1.58. The first-order valence-corrected chi connectivity index (χ1v) is 6.44. The van der Waals surface area contributed by atoms with E-state index in [1.807, 2.05) is 6.07 Å². The molecule has 0 aromatic heterocycles. The van der Waals surface area contributed by atoms with Crippen molar-refractivity contribution in [2.75, 3.05) is 0 Å². The first-order chi connectivity index (χ1) is 6.95. The van der Waals surface area contributed by atoms with Crippen LogP contribution in [0.3, 0.4) is 0 Å². The van der Waals surface area contributed by atoms with E-state index in [1.165, 1.54) is 14.4 Å². The maximum absolute atomic E-state index is 5.28. The number of hydrogen-bond acceptors (Lipinski definition) is 2. The minimum atomic E-state index is -0.503. The quantitative estimate of drug-likeness (QED) is 0.679. The van der Waals surface area contributed by atoms with E-state index in [0.29, 0.717) is 0 Å². The summed E-state index contributed by atoms with van der Waals surface area (Å²) in [5.41, 5.74) is 1.11. The van der Waals surface area contributed by atoms with Crippen LogP contribution in [0.15, 0.2) is 41.4 Å². The van der Waals surface area contributed by atoms with Crippen LogP contribution in [0.1, 0.15) is 0 Å². The van der Waals surface area contributed by atoms with Crippen LogP contribution in [-0.2, 0) is 3.10 Å². The van der Waals surface area contributed by atoms with Gasteiger partial charge in [-0.3, -0.25) is 0 Å². The Morgan fingerprint density at radius 2 is 2.00 bits per heavy atom. The molecule has 0 bridgehead atoms. The molecule has 1 aliphatic rings. The number of rotatable bonds is 0. The summed E-state index contributed by atoms with van der Waals surface area (Å²) in [6.45, 7) is 0. The monoisotopic (exact) mass is 299 g/mol. The Kier molecular flexibility index (Phi) is 1.93. The number of fused-ring (bicyclic) bond motifs is 3. The third kappa shape index (κ3) is 1.21. The second-order valence-corrected chi connectivity index (χ2v) is 5.33. The first-order valence-electron chi connectivity index (χ1n) is 4.33. The summed E-state index contributed by atoms with van der Waals surface area (Å²) in [4.78, 5) is 4.31. The third-order valence-corrected chi connectivity index (χ3v) is 4.20. The van der Waals surface area contributed by atoms with E-state index in [2.05, 4.69) is 35.3 Å². The van der Waals surface area contributed by atoms with E-state index in [1.54, 1.807) is 6.40 Å². The first kappa shape index (κ1) is 8.28. The maximum atomic E-state index is 5.28. The topological polar surface area (TPSA) is 21.6 Å². The number of hydrogen-bond donors (Lipinski definition) is 0. The predicted octanol–water partition coefficient (Wildman–Crippen LogP) is 1.77. The summed E-state index contributed by atoms with van der Waals surface area (Å²) in [5, 5.41) is 2.48. The van der Waals surface area contributed by atoms with Gasteiger partial charge < -0.3 is 0 Å². The third-order valence-electron chi connectivity index (χ3n) is 2.23. The van der Waals surface area contributed by atoms with Crippen molar-refractivity contribution in [3.8, 4) is 0 Å². The molecule has 1 aliphatic heterocycles. The molecule has 3 rings (SSSR count). The van der Waals surface area contributed by atoms with Crippen molar-refractivity contribution in [2.24, 2.45) is 4.99 Å². The minimum absolute atomic E-state index is 0.503. The van der Waals surface area contributed by atoms with Gasteiger partial charge in [0, 0.05) is 0 Å². The van der Waals surface area contributed by atoms with Crippen molar-refractivity contribution in [3.05, 3.63) is 36.4 Å². The Morgan fingerprint density at radius 1 is 1.07 bits per heavy atom. The Morgan fingerprint density at radius 3 is 3.00 bits per heavy atom. The molecule has 0 spiro atoms. The standard InChI is InChI=1S/C11H7NOTe/c1-2-4-9-8(3-1)5-6-10-11(9)12-7-13-14-10/h1-7H. The van der Waals surface area contributed by atoms with E-state index in [9.17, 15) is 0 Å². The van der Waals surface area contributed by atoms with Crippen molar-refractivity contribution < 1.29 is 3.10 Å². The summed E-state index contributed by atoms with van der Waals surface area (Å²) in [7, 11) is 0. The molecule has 0 unspecified atom stereocenters. The molecule has 0 fully saturated rings. The molecule has 0 radical (unpaired) electrons. The zero-order chi connectivity index (χ0) is 9.38. The zero-order valence-corrected chi connectivity index (χ0v) is 9.64. The average molecular weight is 297 g/mol. The van der Waals surface area contributed by atoms with E-state index >= 15 is 0 Å². The normalized spacial score (nSPS) is 13.7. The Balaban J connectivity index is 2.42. The van der Waals surface area contributed by atoms with Crippen LogP contribution < -0.4 is 3.61 Å². The molecule has 0 amide bonds. The Hall–Kier alpha value is -1.04. The molecular weight excluding hydrogens is 290 g/mol. The van der Waals surface area contributed by atoms with Crippen LogP contribution in [0.4, 0.5) is 5.69 Å². The van der Waals surface area contributed by atoms with Gasteiger partial charge in [-0.15, -0.1) is 0 Å². The molecule has 1 heterocycles. The summed E-state index contributed by atoms with van der Waals surface area (Å²) in [6, 6.07) is 12.6. The summed E-state index contributed by atoms with van der Waals surface area (Å²) in [5.74, 6) is 0. The van der Waals surface area contributed by atoms with Crippen molar-refractivity contribution in [3.63, 3.8) is 0 Å². The molecule has 2 nitrogen and oxygen atoms in total. The molecule has 0 saturated carbocycles. The van der Waals surface area contributed by atoms with Crippen LogP contribution in [0.2, 0.25) is 0 Å². The van der Waals surface area contributed by atoms with Gasteiger partial charge in [-0.2, -0.15) is 0 Å². The van der Waals surface area contributed by atoms with Gasteiger partial charge in [0.25, 0.3) is 0 Å². The number of aliphatic imine (C=N–C) groups is 1. The Labute approximate surface area is 92.2 Å². The number of nitrogens with zero attached hydrogens (tertiary/aromatic N) is 1. The molecule has 2 aromatic carbocycles. The molecule has 0 N–H and O–H groups in total. The predicted molar refractivity (Wildman–Crippen MR) is 58.6 cm³/mol. The Bertz CT molecular complexity index is 522. The van der Waals surface area contributed by atoms with Gasteiger partial charge in [-0.05, 0) is 0 Å². The van der Waals surface area contributed by atoms with Crippen LogP contribution in [0, 0.1) is 0 Å². The number of benzene rings is 2. The van der Waals surface area contributed by atoms with Crippen molar-refractivity contribution in [2.45, 2.75) is 0 Å². The molecule has 14 heavy (non-hydrogen) atoms.